The Labute approximate surface area is 104 Å². The van der Waals surface area contributed by atoms with Gasteiger partial charge in [-0.15, -0.1) is 0 Å². The molecule has 6 N–H and O–H groups in total. The summed E-state index contributed by atoms with van der Waals surface area (Å²) in [6.07, 6.45) is 0. The van der Waals surface area contributed by atoms with Gasteiger partial charge in [0.25, 0.3) is 11.8 Å². The zero-order valence-corrected chi connectivity index (χ0v) is 9.69. The first-order valence-corrected chi connectivity index (χ1v) is 5.01. The van der Waals surface area contributed by atoms with Crippen LogP contribution in [-0.4, -0.2) is 11.8 Å². The van der Waals surface area contributed by atoms with E-state index in [0.717, 1.165) is 0 Å². The molecule has 0 radical (unpaired) electrons. The van der Waals surface area contributed by atoms with Crippen molar-refractivity contribution in [1.82, 2.24) is 0 Å². The minimum atomic E-state index is -0.470. The summed E-state index contributed by atoms with van der Waals surface area (Å²) in [5.74, 6) is -0.941. The molecule has 0 saturated heterocycles. The lowest BCUT2D eigenvalue weighted by atomic mass is 10.2. The Kier molecular flexibility index (Phi) is 4.09. The maximum atomic E-state index is 11.2. The molecule has 1 rings (SSSR count). The van der Waals surface area contributed by atoms with Crippen molar-refractivity contribution in [3.63, 3.8) is 0 Å². The lowest BCUT2D eigenvalue weighted by Gasteiger charge is -2.07. The number of nitrogens with one attached hydrogen (secondary N) is 2. The fourth-order valence-corrected chi connectivity index (χ4v) is 1.06. The van der Waals surface area contributed by atoms with Crippen LogP contribution in [-0.2, 0) is 9.59 Å². The average molecular weight is 246 g/mol. The van der Waals surface area contributed by atoms with Gasteiger partial charge < -0.3 is 22.1 Å². The van der Waals surface area contributed by atoms with Crippen molar-refractivity contribution in [2.24, 2.45) is 11.5 Å². The van der Waals surface area contributed by atoms with Crippen LogP contribution in [0, 0.1) is 0 Å². The van der Waals surface area contributed by atoms with Gasteiger partial charge in [0.2, 0.25) is 0 Å². The standard InChI is InChI=1S/C12H14N4O2/c1-7(13)11(17)15-9-3-5-10(6-4-9)16-12(18)8(2)14/h3-6H,1-2,13-14H2,(H,15,17)(H,16,18). The van der Waals surface area contributed by atoms with Crippen molar-refractivity contribution in [1.29, 1.82) is 0 Å². The molecule has 0 aliphatic rings. The Morgan fingerprint density at radius 1 is 0.833 bits per heavy atom. The molecule has 0 heterocycles. The van der Waals surface area contributed by atoms with Crippen LogP contribution in [0.3, 0.4) is 0 Å². The molecule has 0 fully saturated rings. The number of hydrogen-bond donors (Lipinski definition) is 4. The van der Waals surface area contributed by atoms with Crippen molar-refractivity contribution in [2.75, 3.05) is 10.6 Å². The largest absolute Gasteiger partial charge is 0.395 e. The van der Waals surface area contributed by atoms with E-state index in [0.29, 0.717) is 11.4 Å². The fourth-order valence-electron chi connectivity index (χ4n) is 1.06. The average Bonchev–Trinajstić information content (AvgIpc) is 2.31. The highest BCUT2D eigenvalue weighted by Crippen LogP contribution is 2.14. The lowest BCUT2D eigenvalue weighted by molar-refractivity contribution is -0.113. The Bertz CT molecular complexity index is 458. The van der Waals surface area contributed by atoms with Gasteiger partial charge in [-0.3, -0.25) is 9.59 Å². The summed E-state index contributed by atoms with van der Waals surface area (Å²) in [5.41, 5.74) is 11.4. The third kappa shape index (κ3) is 3.67. The highest BCUT2D eigenvalue weighted by atomic mass is 16.2. The SMILES string of the molecule is C=C(N)C(=O)Nc1ccc(NC(=O)C(=C)N)cc1. The van der Waals surface area contributed by atoms with Crippen LogP contribution in [0.25, 0.3) is 0 Å². The van der Waals surface area contributed by atoms with Crippen LogP contribution in [0.5, 0.6) is 0 Å². The molecular formula is C12H14N4O2. The maximum Gasteiger partial charge on any atom is 0.270 e. The van der Waals surface area contributed by atoms with Crippen LogP contribution in [0.2, 0.25) is 0 Å². The highest BCUT2D eigenvalue weighted by Gasteiger charge is 2.05. The molecule has 18 heavy (non-hydrogen) atoms. The van der Waals surface area contributed by atoms with Crippen molar-refractivity contribution in [3.05, 3.63) is 48.8 Å². The third-order valence-electron chi connectivity index (χ3n) is 1.98. The Morgan fingerprint density at radius 3 is 1.33 bits per heavy atom. The topological polar surface area (TPSA) is 110 Å². The number of anilines is 2. The second-order valence-electron chi connectivity index (χ2n) is 3.54. The minimum Gasteiger partial charge on any atom is -0.395 e. The lowest BCUT2D eigenvalue weighted by Crippen LogP contribution is -2.19. The zero-order valence-electron chi connectivity index (χ0n) is 9.69. The van der Waals surface area contributed by atoms with Gasteiger partial charge in [-0.05, 0) is 24.3 Å². The van der Waals surface area contributed by atoms with E-state index < -0.39 is 11.8 Å². The van der Waals surface area contributed by atoms with Gasteiger partial charge in [-0.25, -0.2) is 0 Å². The van der Waals surface area contributed by atoms with Crippen LogP contribution < -0.4 is 22.1 Å². The van der Waals surface area contributed by atoms with E-state index in [1.54, 1.807) is 24.3 Å². The smallest absolute Gasteiger partial charge is 0.270 e. The first-order chi connectivity index (χ1) is 8.40. The minimum absolute atomic E-state index is 0.0770. The molecule has 0 atom stereocenters. The maximum absolute atomic E-state index is 11.2. The van der Waals surface area contributed by atoms with Gasteiger partial charge in [-0.1, -0.05) is 13.2 Å². The second kappa shape index (κ2) is 5.53. The predicted molar refractivity (Wildman–Crippen MR) is 70.4 cm³/mol. The Morgan fingerprint density at radius 2 is 1.11 bits per heavy atom. The molecule has 2 amide bonds. The van der Waals surface area contributed by atoms with E-state index in [4.69, 9.17) is 11.5 Å². The third-order valence-corrected chi connectivity index (χ3v) is 1.98. The molecule has 6 nitrogen and oxygen atoms in total. The number of carbonyl (C=O) groups is 2. The molecule has 6 heteroatoms. The van der Waals surface area contributed by atoms with Crippen LogP contribution in [0.4, 0.5) is 11.4 Å². The molecule has 0 aliphatic heterocycles. The van der Waals surface area contributed by atoms with Gasteiger partial charge in [0.1, 0.15) is 0 Å². The van der Waals surface area contributed by atoms with Gasteiger partial charge >= 0.3 is 0 Å². The number of benzene rings is 1. The van der Waals surface area contributed by atoms with Crippen LogP contribution >= 0.6 is 0 Å². The Hall–Kier alpha value is -2.76. The monoisotopic (exact) mass is 246 g/mol. The van der Waals surface area contributed by atoms with Crippen molar-refractivity contribution >= 4 is 23.2 Å². The number of hydrogen-bond acceptors (Lipinski definition) is 4. The molecule has 0 unspecified atom stereocenters. The van der Waals surface area contributed by atoms with Crippen molar-refractivity contribution in [3.8, 4) is 0 Å². The van der Waals surface area contributed by atoms with E-state index in [1.807, 2.05) is 0 Å². The second-order valence-corrected chi connectivity index (χ2v) is 3.54. The molecule has 0 aliphatic carbocycles. The summed E-state index contributed by atoms with van der Waals surface area (Å²) >= 11 is 0. The summed E-state index contributed by atoms with van der Waals surface area (Å²) in [6, 6.07) is 6.43. The van der Waals surface area contributed by atoms with Gasteiger partial charge in [0.15, 0.2) is 0 Å². The van der Waals surface area contributed by atoms with E-state index in [-0.39, 0.29) is 11.4 Å². The number of nitrogens with two attached hydrogens (primary N) is 2. The molecule has 1 aromatic rings. The quantitative estimate of drug-likeness (QED) is 0.580. The van der Waals surface area contributed by atoms with E-state index in [9.17, 15) is 9.59 Å². The summed E-state index contributed by atoms with van der Waals surface area (Å²) in [4.78, 5) is 22.5. The summed E-state index contributed by atoms with van der Waals surface area (Å²) in [5, 5.41) is 5.05. The molecule has 0 saturated carbocycles. The van der Waals surface area contributed by atoms with E-state index >= 15 is 0 Å². The number of rotatable bonds is 4. The fraction of sp³-hybridized carbons (Fsp3) is 0. The van der Waals surface area contributed by atoms with Crippen molar-refractivity contribution < 1.29 is 9.59 Å². The predicted octanol–water partition coefficient (Wildman–Crippen LogP) is 0.508. The van der Waals surface area contributed by atoms with Gasteiger partial charge in [-0.2, -0.15) is 0 Å². The number of carbonyl (C=O) groups excluding carboxylic acids is 2. The summed E-state index contributed by atoms with van der Waals surface area (Å²) < 4.78 is 0. The van der Waals surface area contributed by atoms with Crippen molar-refractivity contribution in [2.45, 2.75) is 0 Å². The van der Waals surface area contributed by atoms with E-state index in [1.165, 1.54) is 0 Å². The van der Waals surface area contributed by atoms with Gasteiger partial charge in [0.05, 0.1) is 11.4 Å². The molecule has 1 aromatic carbocycles. The molecule has 0 bridgehead atoms. The Balaban J connectivity index is 2.68. The molecule has 0 aromatic heterocycles. The zero-order chi connectivity index (χ0) is 13.7. The highest BCUT2D eigenvalue weighted by molar-refractivity contribution is 6.04. The first kappa shape index (κ1) is 13.3. The van der Waals surface area contributed by atoms with E-state index in [2.05, 4.69) is 23.8 Å². The van der Waals surface area contributed by atoms with Crippen LogP contribution in [0.1, 0.15) is 0 Å². The number of amides is 2. The molecule has 0 spiro atoms. The molecule has 94 valence electrons. The summed E-state index contributed by atoms with van der Waals surface area (Å²) in [6.45, 7) is 6.63. The van der Waals surface area contributed by atoms with Gasteiger partial charge in [0, 0.05) is 11.4 Å². The summed E-state index contributed by atoms with van der Waals surface area (Å²) in [7, 11) is 0. The normalized spacial score (nSPS) is 9.33. The first-order valence-electron chi connectivity index (χ1n) is 5.01. The molecular weight excluding hydrogens is 232 g/mol. The van der Waals surface area contributed by atoms with Crippen LogP contribution in [0.15, 0.2) is 48.8 Å².